The standard InChI is InChI=1S/C12H17N3O2/c1-17-11-9(4-2-7-14-11)10(16)15-8-12(13)5-3-6-12/h2,4,7H,3,5-6,8,13H2,1H3,(H,15,16). The molecule has 0 radical (unpaired) electrons. The summed E-state index contributed by atoms with van der Waals surface area (Å²) in [6, 6.07) is 3.39. The smallest absolute Gasteiger partial charge is 0.256 e. The highest BCUT2D eigenvalue weighted by Crippen LogP contribution is 2.28. The highest BCUT2D eigenvalue weighted by molar-refractivity contribution is 5.96. The predicted octanol–water partition coefficient (Wildman–Crippen LogP) is 0.701. The Morgan fingerprint density at radius 1 is 1.65 bits per heavy atom. The van der Waals surface area contributed by atoms with Crippen molar-refractivity contribution in [2.45, 2.75) is 24.8 Å². The van der Waals surface area contributed by atoms with Crippen LogP contribution in [-0.2, 0) is 0 Å². The van der Waals surface area contributed by atoms with Gasteiger partial charge in [0.2, 0.25) is 5.88 Å². The van der Waals surface area contributed by atoms with Crippen LogP contribution in [0.15, 0.2) is 18.3 Å². The first-order valence-corrected chi connectivity index (χ1v) is 5.71. The number of hydrogen-bond acceptors (Lipinski definition) is 4. The fourth-order valence-corrected chi connectivity index (χ4v) is 1.89. The van der Waals surface area contributed by atoms with Crippen molar-refractivity contribution < 1.29 is 9.53 Å². The van der Waals surface area contributed by atoms with Crippen molar-refractivity contribution in [3.8, 4) is 5.88 Å². The summed E-state index contributed by atoms with van der Waals surface area (Å²) in [6.45, 7) is 0.504. The Labute approximate surface area is 100 Å². The van der Waals surface area contributed by atoms with Crippen molar-refractivity contribution in [3.05, 3.63) is 23.9 Å². The fourth-order valence-electron chi connectivity index (χ4n) is 1.89. The number of nitrogens with zero attached hydrogens (tertiary/aromatic N) is 1. The summed E-state index contributed by atoms with van der Waals surface area (Å²) in [7, 11) is 1.50. The fraction of sp³-hybridized carbons (Fsp3) is 0.500. The third-order valence-corrected chi connectivity index (χ3v) is 3.16. The average Bonchev–Trinajstić information content (AvgIpc) is 2.33. The molecule has 0 spiro atoms. The van der Waals surface area contributed by atoms with Crippen molar-refractivity contribution in [2.24, 2.45) is 5.73 Å². The number of hydrogen-bond donors (Lipinski definition) is 2. The van der Waals surface area contributed by atoms with E-state index < -0.39 is 0 Å². The number of ether oxygens (including phenoxy) is 1. The third kappa shape index (κ3) is 2.55. The van der Waals surface area contributed by atoms with Gasteiger partial charge < -0.3 is 15.8 Å². The molecule has 1 fully saturated rings. The number of amides is 1. The molecule has 1 aliphatic carbocycles. The number of carbonyl (C=O) groups excluding carboxylic acids is 1. The lowest BCUT2D eigenvalue weighted by atomic mass is 9.78. The van der Waals surface area contributed by atoms with E-state index in [9.17, 15) is 4.79 Å². The van der Waals surface area contributed by atoms with Gasteiger partial charge in [-0.2, -0.15) is 0 Å². The zero-order valence-corrected chi connectivity index (χ0v) is 9.90. The van der Waals surface area contributed by atoms with Crippen LogP contribution in [0.1, 0.15) is 29.6 Å². The van der Waals surface area contributed by atoms with E-state index in [1.165, 1.54) is 7.11 Å². The van der Waals surface area contributed by atoms with Crippen molar-refractivity contribution >= 4 is 5.91 Å². The molecular weight excluding hydrogens is 218 g/mol. The van der Waals surface area contributed by atoms with Gasteiger partial charge in [0, 0.05) is 18.3 Å². The van der Waals surface area contributed by atoms with Gasteiger partial charge >= 0.3 is 0 Å². The van der Waals surface area contributed by atoms with E-state index in [-0.39, 0.29) is 11.4 Å². The van der Waals surface area contributed by atoms with E-state index >= 15 is 0 Å². The quantitative estimate of drug-likeness (QED) is 0.805. The first kappa shape index (κ1) is 11.9. The Morgan fingerprint density at radius 3 is 3.00 bits per heavy atom. The molecule has 17 heavy (non-hydrogen) atoms. The topological polar surface area (TPSA) is 77.2 Å². The number of nitrogens with one attached hydrogen (secondary N) is 1. The van der Waals surface area contributed by atoms with Gasteiger partial charge in [-0.15, -0.1) is 0 Å². The second-order valence-corrected chi connectivity index (χ2v) is 4.46. The summed E-state index contributed by atoms with van der Waals surface area (Å²) in [5, 5.41) is 2.83. The minimum atomic E-state index is -0.217. The summed E-state index contributed by atoms with van der Waals surface area (Å²) in [5.41, 5.74) is 6.26. The lowest BCUT2D eigenvalue weighted by molar-refractivity contribution is 0.0926. The van der Waals surface area contributed by atoms with Crippen LogP contribution in [0, 0.1) is 0 Å². The first-order chi connectivity index (χ1) is 8.14. The van der Waals surface area contributed by atoms with E-state index in [1.807, 2.05) is 0 Å². The molecule has 0 saturated heterocycles. The number of pyridine rings is 1. The van der Waals surface area contributed by atoms with E-state index in [2.05, 4.69) is 10.3 Å². The highest BCUT2D eigenvalue weighted by atomic mass is 16.5. The summed E-state index contributed by atoms with van der Waals surface area (Å²) in [4.78, 5) is 15.9. The normalized spacial score (nSPS) is 17.1. The number of rotatable bonds is 4. The maximum Gasteiger partial charge on any atom is 0.256 e. The highest BCUT2D eigenvalue weighted by Gasteiger charge is 2.32. The number of aromatic nitrogens is 1. The predicted molar refractivity (Wildman–Crippen MR) is 63.9 cm³/mol. The molecule has 1 amide bonds. The molecule has 1 heterocycles. The zero-order valence-electron chi connectivity index (χ0n) is 9.90. The zero-order chi connectivity index (χ0) is 12.3. The second kappa shape index (κ2) is 4.71. The summed E-state index contributed by atoms with van der Waals surface area (Å²) in [6.07, 6.45) is 4.67. The van der Waals surface area contributed by atoms with E-state index in [0.717, 1.165) is 19.3 Å². The average molecular weight is 235 g/mol. The Bertz CT molecular complexity index is 416. The number of methoxy groups -OCH3 is 1. The van der Waals surface area contributed by atoms with Crippen LogP contribution in [0.2, 0.25) is 0 Å². The van der Waals surface area contributed by atoms with E-state index in [0.29, 0.717) is 18.0 Å². The first-order valence-electron chi connectivity index (χ1n) is 5.71. The van der Waals surface area contributed by atoms with Crippen molar-refractivity contribution in [3.63, 3.8) is 0 Å². The van der Waals surface area contributed by atoms with Crippen molar-refractivity contribution in [1.82, 2.24) is 10.3 Å². The molecule has 2 rings (SSSR count). The molecule has 0 atom stereocenters. The van der Waals surface area contributed by atoms with Crippen LogP contribution in [0.5, 0.6) is 5.88 Å². The number of carbonyl (C=O) groups is 1. The van der Waals surface area contributed by atoms with Crippen molar-refractivity contribution in [1.29, 1.82) is 0 Å². The van der Waals surface area contributed by atoms with Crippen LogP contribution in [0.4, 0.5) is 0 Å². The Balaban J connectivity index is 1.99. The minimum absolute atomic E-state index is 0.188. The molecule has 1 aliphatic rings. The van der Waals surface area contributed by atoms with E-state index in [1.54, 1.807) is 18.3 Å². The maximum atomic E-state index is 11.9. The molecule has 5 nitrogen and oxygen atoms in total. The lowest BCUT2D eigenvalue weighted by Gasteiger charge is -2.38. The molecular formula is C12H17N3O2. The van der Waals surface area contributed by atoms with Crippen LogP contribution < -0.4 is 15.8 Å². The molecule has 0 aliphatic heterocycles. The largest absolute Gasteiger partial charge is 0.480 e. The Kier molecular flexibility index (Phi) is 3.28. The van der Waals surface area contributed by atoms with E-state index in [4.69, 9.17) is 10.5 Å². The van der Waals surface area contributed by atoms with Crippen molar-refractivity contribution in [2.75, 3.05) is 13.7 Å². The lowest BCUT2D eigenvalue weighted by Crippen LogP contribution is -2.54. The second-order valence-electron chi connectivity index (χ2n) is 4.46. The summed E-state index contributed by atoms with van der Waals surface area (Å²) >= 11 is 0. The van der Waals surface area contributed by atoms with Crippen LogP contribution in [0.25, 0.3) is 0 Å². The van der Waals surface area contributed by atoms with Crippen LogP contribution >= 0.6 is 0 Å². The van der Waals surface area contributed by atoms with Gasteiger partial charge in [-0.25, -0.2) is 4.98 Å². The molecule has 1 saturated carbocycles. The maximum absolute atomic E-state index is 11.9. The van der Waals surface area contributed by atoms with Gasteiger partial charge in [0.1, 0.15) is 5.56 Å². The van der Waals surface area contributed by atoms with Crippen LogP contribution in [0.3, 0.4) is 0 Å². The summed E-state index contributed by atoms with van der Waals surface area (Å²) < 4.78 is 5.04. The third-order valence-electron chi connectivity index (χ3n) is 3.16. The SMILES string of the molecule is COc1ncccc1C(=O)NCC1(N)CCC1. The van der Waals surface area contributed by atoms with Gasteiger partial charge in [0.15, 0.2) is 0 Å². The Morgan fingerprint density at radius 2 is 2.41 bits per heavy atom. The molecule has 0 aromatic carbocycles. The molecule has 1 aromatic rings. The minimum Gasteiger partial charge on any atom is -0.480 e. The van der Waals surface area contributed by atoms with Gasteiger partial charge in [-0.3, -0.25) is 4.79 Å². The number of nitrogens with two attached hydrogens (primary N) is 1. The molecule has 1 aromatic heterocycles. The molecule has 0 unspecified atom stereocenters. The Hall–Kier alpha value is -1.62. The molecule has 0 bridgehead atoms. The van der Waals surface area contributed by atoms with Gasteiger partial charge in [-0.05, 0) is 31.4 Å². The summed E-state index contributed by atoms with van der Waals surface area (Å²) in [5.74, 6) is 0.149. The molecule has 3 N–H and O–H groups in total. The van der Waals surface area contributed by atoms with Gasteiger partial charge in [0.05, 0.1) is 7.11 Å². The monoisotopic (exact) mass is 235 g/mol. The molecule has 5 heteroatoms. The van der Waals surface area contributed by atoms with Gasteiger partial charge in [-0.1, -0.05) is 0 Å². The van der Waals surface area contributed by atoms with Crippen LogP contribution in [-0.4, -0.2) is 30.1 Å². The van der Waals surface area contributed by atoms with Gasteiger partial charge in [0.25, 0.3) is 5.91 Å². The molecule has 92 valence electrons.